The maximum absolute atomic E-state index is 13.4. The molecule has 2 atom stereocenters. The molecule has 1 aromatic rings. The quantitative estimate of drug-likeness (QED) is 0.714. The maximum atomic E-state index is 13.4. The molecule has 0 bridgehead atoms. The summed E-state index contributed by atoms with van der Waals surface area (Å²) in [4.78, 5) is 26.9. The number of likely N-dealkylation sites (tertiary alicyclic amines) is 1. The van der Waals surface area contributed by atoms with Gasteiger partial charge >= 0.3 is 0 Å². The molecule has 2 fully saturated rings. The van der Waals surface area contributed by atoms with Crippen LogP contribution in [0.1, 0.15) is 56.3 Å². The predicted octanol–water partition coefficient (Wildman–Crippen LogP) is 2.85. The molecule has 0 unspecified atom stereocenters. The molecule has 1 saturated heterocycles. The summed E-state index contributed by atoms with van der Waals surface area (Å²) in [6, 6.07) is 3.62. The lowest BCUT2D eigenvalue weighted by molar-refractivity contribution is -0.122. The molecule has 1 aliphatic heterocycles. The maximum Gasteiger partial charge on any atom is 0.251 e. The summed E-state index contributed by atoms with van der Waals surface area (Å²) in [5.74, 6) is -1.66. The summed E-state index contributed by atoms with van der Waals surface area (Å²) in [6.45, 7) is 5.29. The lowest BCUT2D eigenvalue weighted by Crippen LogP contribution is -2.46. The molecule has 2 aliphatic rings. The van der Waals surface area contributed by atoms with E-state index in [0.717, 1.165) is 31.5 Å². The molecule has 28 heavy (non-hydrogen) atoms. The Bertz CT molecular complexity index is 722. The zero-order chi connectivity index (χ0) is 20.3. The largest absolute Gasteiger partial charge is 0.354 e. The Morgan fingerprint density at radius 3 is 2.46 bits per heavy atom. The van der Waals surface area contributed by atoms with Gasteiger partial charge in [-0.05, 0) is 63.6 Å². The highest BCUT2D eigenvalue weighted by molar-refractivity contribution is 5.94. The highest BCUT2D eigenvalue weighted by Gasteiger charge is 2.38. The summed E-state index contributed by atoms with van der Waals surface area (Å²) in [7, 11) is 0. The van der Waals surface area contributed by atoms with Crippen molar-refractivity contribution in [3.05, 3.63) is 35.4 Å². The molecule has 7 heteroatoms. The fraction of sp³-hybridized carbons (Fsp3) is 0.619. The van der Waals surface area contributed by atoms with E-state index in [9.17, 15) is 18.4 Å². The van der Waals surface area contributed by atoms with Crippen LogP contribution in [0.2, 0.25) is 0 Å². The van der Waals surface area contributed by atoms with E-state index in [0.29, 0.717) is 18.9 Å². The lowest BCUT2D eigenvalue weighted by Gasteiger charge is -2.30. The van der Waals surface area contributed by atoms with Gasteiger partial charge in [0.2, 0.25) is 5.91 Å². The first-order valence-corrected chi connectivity index (χ1v) is 10.1. The number of amides is 2. The second-order valence-electron chi connectivity index (χ2n) is 8.29. The van der Waals surface area contributed by atoms with Crippen LogP contribution >= 0.6 is 0 Å². The number of nitrogens with one attached hydrogen (secondary N) is 2. The van der Waals surface area contributed by atoms with Gasteiger partial charge in [0.25, 0.3) is 5.91 Å². The molecule has 3 rings (SSSR count). The molecule has 0 spiro atoms. The van der Waals surface area contributed by atoms with Crippen LogP contribution in [-0.2, 0) is 4.79 Å². The van der Waals surface area contributed by atoms with E-state index in [2.05, 4.69) is 15.5 Å². The molecule has 5 nitrogen and oxygen atoms in total. The number of hydrogen-bond acceptors (Lipinski definition) is 3. The predicted molar refractivity (Wildman–Crippen MR) is 103 cm³/mol. The summed E-state index contributed by atoms with van der Waals surface area (Å²) in [6.07, 6.45) is 4.73. The second kappa shape index (κ2) is 8.99. The van der Waals surface area contributed by atoms with E-state index in [1.807, 2.05) is 13.8 Å². The molecule has 0 radical (unpaired) electrons. The van der Waals surface area contributed by atoms with Crippen molar-refractivity contribution in [2.45, 2.75) is 64.1 Å². The number of nitrogens with zero attached hydrogens (tertiary/aromatic N) is 1. The highest BCUT2D eigenvalue weighted by atomic mass is 19.2. The Balaban J connectivity index is 1.57. The summed E-state index contributed by atoms with van der Waals surface area (Å²) in [5.41, 5.74) is 0.110. The van der Waals surface area contributed by atoms with Crippen molar-refractivity contribution in [1.29, 1.82) is 0 Å². The number of hydrogen-bond donors (Lipinski definition) is 2. The van der Waals surface area contributed by atoms with Gasteiger partial charge in [0, 0.05) is 43.2 Å². The number of carbonyl (C=O) groups is 2. The van der Waals surface area contributed by atoms with Crippen molar-refractivity contribution in [2.75, 3.05) is 13.1 Å². The molecule has 0 aromatic heterocycles. The van der Waals surface area contributed by atoms with Gasteiger partial charge in [0.05, 0.1) is 0 Å². The molecule has 2 N–H and O–H groups in total. The van der Waals surface area contributed by atoms with Crippen LogP contribution in [-0.4, -0.2) is 47.9 Å². The van der Waals surface area contributed by atoms with E-state index < -0.39 is 17.5 Å². The van der Waals surface area contributed by atoms with E-state index in [1.54, 1.807) is 0 Å². The van der Waals surface area contributed by atoms with E-state index in [-0.39, 0.29) is 29.6 Å². The third-order valence-electron chi connectivity index (χ3n) is 5.49. The zero-order valence-corrected chi connectivity index (χ0v) is 16.5. The molecule has 1 aromatic carbocycles. The average molecular weight is 393 g/mol. The van der Waals surface area contributed by atoms with Crippen LogP contribution < -0.4 is 10.6 Å². The normalized spacial score (nSPS) is 22.5. The molecule has 154 valence electrons. The number of carbonyl (C=O) groups excluding carboxylic acids is 2. The Morgan fingerprint density at radius 2 is 1.82 bits per heavy atom. The van der Waals surface area contributed by atoms with Crippen molar-refractivity contribution < 1.29 is 18.4 Å². The number of rotatable bonds is 8. The Kier molecular flexibility index (Phi) is 6.65. The minimum Gasteiger partial charge on any atom is -0.354 e. The van der Waals surface area contributed by atoms with Gasteiger partial charge in [-0.2, -0.15) is 0 Å². The second-order valence-corrected chi connectivity index (χ2v) is 8.29. The smallest absolute Gasteiger partial charge is 0.251 e. The van der Waals surface area contributed by atoms with Crippen molar-refractivity contribution in [3.63, 3.8) is 0 Å². The van der Waals surface area contributed by atoms with Crippen LogP contribution in [0.15, 0.2) is 18.2 Å². The minimum atomic E-state index is -1.03. The molecular weight excluding hydrogens is 364 g/mol. The third kappa shape index (κ3) is 5.50. The van der Waals surface area contributed by atoms with Crippen molar-refractivity contribution in [1.82, 2.24) is 15.5 Å². The molecule has 1 heterocycles. The van der Waals surface area contributed by atoms with Gasteiger partial charge in [0.1, 0.15) is 0 Å². The summed E-state index contributed by atoms with van der Waals surface area (Å²) >= 11 is 0. The van der Waals surface area contributed by atoms with E-state index in [4.69, 9.17) is 0 Å². The zero-order valence-electron chi connectivity index (χ0n) is 16.5. The third-order valence-corrected chi connectivity index (χ3v) is 5.49. The molecule has 1 aliphatic carbocycles. The Hall–Kier alpha value is -2.02. The van der Waals surface area contributed by atoms with Crippen LogP contribution in [0.5, 0.6) is 0 Å². The van der Waals surface area contributed by atoms with E-state index in [1.165, 1.54) is 18.9 Å². The molecule has 1 saturated carbocycles. The summed E-state index contributed by atoms with van der Waals surface area (Å²) < 4.78 is 26.4. The van der Waals surface area contributed by atoms with Gasteiger partial charge in [-0.25, -0.2) is 8.78 Å². The van der Waals surface area contributed by atoms with E-state index >= 15 is 0 Å². The van der Waals surface area contributed by atoms with Gasteiger partial charge in [-0.15, -0.1) is 0 Å². The first kappa shape index (κ1) is 20.7. The Morgan fingerprint density at radius 1 is 1.11 bits per heavy atom. The van der Waals surface area contributed by atoms with Gasteiger partial charge in [-0.3, -0.25) is 14.5 Å². The van der Waals surface area contributed by atoms with Crippen LogP contribution in [0.3, 0.4) is 0 Å². The van der Waals surface area contributed by atoms with Gasteiger partial charge in [-0.1, -0.05) is 0 Å². The highest BCUT2D eigenvalue weighted by Crippen LogP contribution is 2.35. The first-order valence-electron chi connectivity index (χ1n) is 10.1. The van der Waals surface area contributed by atoms with Crippen molar-refractivity contribution in [2.24, 2.45) is 5.92 Å². The lowest BCUT2D eigenvalue weighted by atomic mass is 10.1. The molecule has 2 amide bonds. The van der Waals surface area contributed by atoms with Crippen LogP contribution in [0.4, 0.5) is 8.78 Å². The summed E-state index contributed by atoms with van der Waals surface area (Å²) in [5, 5.41) is 5.80. The molecular formula is C21H29F2N3O2. The van der Waals surface area contributed by atoms with Gasteiger partial charge < -0.3 is 10.6 Å². The monoisotopic (exact) mass is 393 g/mol. The van der Waals surface area contributed by atoms with Crippen LogP contribution in [0.25, 0.3) is 0 Å². The minimum absolute atomic E-state index is 0.0623. The van der Waals surface area contributed by atoms with Crippen LogP contribution in [0, 0.1) is 17.6 Å². The number of halogens is 2. The topological polar surface area (TPSA) is 61.4 Å². The standard InChI is InChI=1S/C21H29F2N3O2/c1-13(2)25-20(27)10-16-6-7-17(26(16)12-14-3-4-14)11-24-21(28)15-5-8-18(22)19(23)9-15/h5,8-9,13-14,16-17H,3-4,6-7,10-12H2,1-2H3,(H,24,28)(H,25,27)/t16-,17+/m1/s1. The van der Waals surface area contributed by atoms with Gasteiger partial charge in [0.15, 0.2) is 11.6 Å². The number of benzene rings is 1. The van der Waals surface area contributed by atoms with Crippen molar-refractivity contribution >= 4 is 11.8 Å². The SMILES string of the molecule is CC(C)NC(=O)C[C@H]1CC[C@@H](CNC(=O)c2ccc(F)c(F)c2)N1CC1CC1. The van der Waals surface area contributed by atoms with Crippen molar-refractivity contribution in [3.8, 4) is 0 Å². The first-order chi connectivity index (χ1) is 13.3. The fourth-order valence-corrected chi connectivity index (χ4v) is 3.89. The Labute approximate surface area is 164 Å². The average Bonchev–Trinajstić information content (AvgIpc) is 3.37. The fourth-order valence-electron chi connectivity index (χ4n) is 3.89.